The van der Waals surface area contributed by atoms with Gasteiger partial charge in [0.15, 0.2) is 0 Å². The SMILES string of the molecule is CCCN(Cc1ccccc1)C(C)CCC(C#N)(c1ccc(F)cc1)C1CCC1. The average Bonchev–Trinajstić information content (AvgIpc) is 2.70. The Balaban J connectivity index is 1.75. The van der Waals surface area contributed by atoms with E-state index in [9.17, 15) is 9.65 Å². The first-order valence-corrected chi connectivity index (χ1v) is 11.0. The molecular weight excluding hydrogens is 359 g/mol. The van der Waals surface area contributed by atoms with E-state index in [1.54, 1.807) is 0 Å². The molecule has 29 heavy (non-hydrogen) atoms. The van der Waals surface area contributed by atoms with Crippen molar-refractivity contribution in [2.24, 2.45) is 5.92 Å². The van der Waals surface area contributed by atoms with Gasteiger partial charge in [-0.1, -0.05) is 55.8 Å². The number of rotatable bonds is 10. The fraction of sp³-hybridized carbons (Fsp3) is 0.500. The topological polar surface area (TPSA) is 27.0 Å². The van der Waals surface area contributed by atoms with Crippen LogP contribution in [0.1, 0.15) is 63.5 Å². The fourth-order valence-electron chi connectivity index (χ4n) is 4.62. The molecule has 0 amide bonds. The lowest BCUT2D eigenvalue weighted by Gasteiger charge is -2.42. The van der Waals surface area contributed by atoms with Crippen molar-refractivity contribution in [3.05, 3.63) is 71.5 Å². The average molecular weight is 393 g/mol. The fourth-order valence-corrected chi connectivity index (χ4v) is 4.62. The predicted octanol–water partition coefficient (Wildman–Crippen LogP) is 6.47. The summed E-state index contributed by atoms with van der Waals surface area (Å²) in [6.07, 6.45) is 6.30. The minimum Gasteiger partial charge on any atom is -0.296 e. The maximum Gasteiger partial charge on any atom is 0.123 e. The molecule has 0 N–H and O–H groups in total. The van der Waals surface area contributed by atoms with Gasteiger partial charge in [-0.05, 0) is 74.8 Å². The summed E-state index contributed by atoms with van der Waals surface area (Å²) in [5.74, 6) is 0.151. The van der Waals surface area contributed by atoms with Gasteiger partial charge in [-0.3, -0.25) is 4.90 Å². The van der Waals surface area contributed by atoms with E-state index >= 15 is 0 Å². The molecule has 1 aliphatic rings. The number of nitriles is 1. The highest BCUT2D eigenvalue weighted by molar-refractivity contribution is 5.35. The molecule has 0 spiro atoms. The van der Waals surface area contributed by atoms with Crippen molar-refractivity contribution in [3.63, 3.8) is 0 Å². The Hall–Kier alpha value is -2.18. The van der Waals surface area contributed by atoms with Gasteiger partial charge in [0.1, 0.15) is 5.82 Å². The van der Waals surface area contributed by atoms with E-state index in [4.69, 9.17) is 0 Å². The van der Waals surface area contributed by atoms with Crippen LogP contribution >= 0.6 is 0 Å². The smallest absolute Gasteiger partial charge is 0.123 e. The summed E-state index contributed by atoms with van der Waals surface area (Å²) in [7, 11) is 0. The van der Waals surface area contributed by atoms with Crippen molar-refractivity contribution in [3.8, 4) is 6.07 Å². The number of hydrogen-bond donors (Lipinski definition) is 0. The monoisotopic (exact) mass is 392 g/mol. The Morgan fingerprint density at radius 1 is 1.14 bits per heavy atom. The lowest BCUT2D eigenvalue weighted by atomic mass is 9.60. The molecule has 2 aromatic carbocycles. The standard InChI is InChI=1S/C26H33FN2/c1-3-18-29(19-22-8-5-4-6-9-22)21(2)16-17-26(20-28,23-10-7-11-23)24-12-14-25(27)15-13-24/h4-6,8-9,12-15,21,23H,3,7,10-11,16-19H2,1-2H3. The molecular formula is C26H33FN2. The van der Waals surface area contributed by atoms with Crippen molar-refractivity contribution in [1.29, 1.82) is 5.26 Å². The normalized spacial score (nSPS) is 17.3. The second-order valence-electron chi connectivity index (χ2n) is 8.56. The molecule has 3 heteroatoms. The number of benzene rings is 2. The quantitative estimate of drug-likeness (QED) is 0.463. The molecule has 1 saturated carbocycles. The Morgan fingerprint density at radius 2 is 1.83 bits per heavy atom. The summed E-state index contributed by atoms with van der Waals surface area (Å²) < 4.78 is 13.5. The van der Waals surface area contributed by atoms with Crippen molar-refractivity contribution in [2.75, 3.05) is 6.54 Å². The van der Waals surface area contributed by atoms with Crippen molar-refractivity contribution in [1.82, 2.24) is 4.90 Å². The second kappa shape index (κ2) is 10.0. The highest BCUT2D eigenvalue weighted by Gasteiger charge is 2.43. The van der Waals surface area contributed by atoms with Crippen LogP contribution < -0.4 is 0 Å². The molecule has 1 aliphatic carbocycles. The second-order valence-corrected chi connectivity index (χ2v) is 8.56. The third-order valence-corrected chi connectivity index (χ3v) is 6.68. The van der Waals surface area contributed by atoms with Gasteiger partial charge >= 0.3 is 0 Å². The third kappa shape index (κ3) is 5.06. The minimum absolute atomic E-state index is 0.237. The summed E-state index contributed by atoms with van der Waals surface area (Å²) in [5.41, 5.74) is 1.82. The van der Waals surface area contributed by atoms with Crippen molar-refractivity contribution in [2.45, 2.75) is 70.4 Å². The van der Waals surface area contributed by atoms with Crippen LogP contribution in [0.3, 0.4) is 0 Å². The van der Waals surface area contributed by atoms with Crippen LogP contribution in [-0.2, 0) is 12.0 Å². The molecule has 2 atom stereocenters. The van der Waals surface area contributed by atoms with Gasteiger partial charge in [0, 0.05) is 12.6 Å². The lowest BCUT2D eigenvalue weighted by Crippen LogP contribution is -2.40. The number of nitrogens with zero attached hydrogens (tertiary/aromatic N) is 2. The molecule has 3 rings (SSSR count). The zero-order valence-corrected chi connectivity index (χ0v) is 17.8. The molecule has 0 saturated heterocycles. The van der Waals surface area contributed by atoms with Gasteiger partial charge in [-0.25, -0.2) is 4.39 Å². The van der Waals surface area contributed by atoms with Crippen molar-refractivity contribution < 1.29 is 4.39 Å². The Morgan fingerprint density at radius 3 is 2.38 bits per heavy atom. The maximum absolute atomic E-state index is 13.5. The van der Waals surface area contributed by atoms with E-state index in [0.29, 0.717) is 12.0 Å². The molecule has 0 heterocycles. The summed E-state index contributed by atoms with van der Waals surface area (Å²) >= 11 is 0. The summed E-state index contributed by atoms with van der Waals surface area (Å²) in [4.78, 5) is 2.53. The first-order valence-electron chi connectivity index (χ1n) is 11.0. The number of halogens is 1. The van der Waals surface area contributed by atoms with Crippen LogP contribution in [0, 0.1) is 23.1 Å². The van der Waals surface area contributed by atoms with Gasteiger partial charge in [-0.15, -0.1) is 0 Å². The summed E-state index contributed by atoms with van der Waals surface area (Å²) in [5, 5.41) is 10.3. The molecule has 2 aromatic rings. The molecule has 2 unspecified atom stereocenters. The summed E-state index contributed by atoms with van der Waals surface area (Å²) in [6, 6.07) is 20.3. The number of hydrogen-bond acceptors (Lipinski definition) is 2. The first kappa shape index (κ1) is 21.5. The molecule has 0 aliphatic heterocycles. The van der Waals surface area contributed by atoms with Crippen LogP contribution in [0.2, 0.25) is 0 Å². The van der Waals surface area contributed by atoms with E-state index in [1.807, 2.05) is 12.1 Å². The Labute approximate surface area is 175 Å². The summed E-state index contributed by atoms with van der Waals surface area (Å²) in [6.45, 7) is 6.49. The minimum atomic E-state index is -0.495. The zero-order valence-electron chi connectivity index (χ0n) is 17.8. The van der Waals surface area contributed by atoms with Crippen LogP contribution in [-0.4, -0.2) is 17.5 Å². The van der Waals surface area contributed by atoms with E-state index in [-0.39, 0.29) is 5.82 Å². The van der Waals surface area contributed by atoms with Crippen LogP contribution in [0.4, 0.5) is 4.39 Å². The van der Waals surface area contributed by atoms with E-state index < -0.39 is 5.41 Å². The molecule has 2 nitrogen and oxygen atoms in total. The molecule has 0 radical (unpaired) electrons. The molecule has 0 aromatic heterocycles. The zero-order chi connectivity index (χ0) is 20.7. The van der Waals surface area contributed by atoms with Gasteiger partial charge in [0.25, 0.3) is 0 Å². The lowest BCUT2D eigenvalue weighted by molar-refractivity contribution is 0.153. The van der Waals surface area contributed by atoms with Crippen LogP contribution in [0.25, 0.3) is 0 Å². The van der Waals surface area contributed by atoms with Gasteiger partial charge in [-0.2, -0.15) is 5.26 Å². The largest absolute Gasteiger partial charge is 0.296 e. The Bertz CT molecular complexity index is 792. The molecule has 0 bridgehead atoms. The van der Waals surface area contributed by atoms with E-state index in [2.05, 4.69) is 55.1 Å². The maximum atomic E-state index is 13.5. The van der Waals surface area contributed by atoms with Gasteiger partial charge in [0.2, 0.25) is 0 Å². The first-order chi connectivity index (χ1) is 14.1. The van der Waals surface area contributed by atoms with E-state index in [0.717, 1.165) is 50.8 Å². The van der Waals surface area contributed by atoms with Gasteiger partial charge < -0.3 is 0 Å². The molecule has 1 fully saturated rings. The highest BCUT2D eigenvalue weighted by atomic mass is 19.1. The van der Waals surface area contributed by atoms with Crippen molar-refractivity contribution >= 4 is 0 Å². The van der Waals surface area contributed by atoms with Crippen LogP contribution in [0.15, 0.2) is 54.6 Å². The van der Waals surface area contributed by atoms with Gasteiger partial charge in [0.05, 0.1) is 11.5 Å². The highest BCUT2D eigenvalue weighted by Crippen LogP contribution is 2.47. The third-order valence-electron chi connectivity index (χ3n) is 6.68. The predicted molar refractivity (Wildman–Crippen MR) is 117 cm³/mol. The molecule has 154 valence electrons. The Kier molecular flexibility index (Phi) is 7.45. The van der Waals surface area contributed by atoms with Crippen LogP contribution in [0.5, 0.6) is 0 Å². The van der Waals surface area contributed by atoms with E-state index in [1.165, 1.54) is 24.1 Å².